The molecule has 4 aromatic heterocycles. The molecule has 0 bridgehead atoms. The Morgan fingerprint density at radius 3 is 1.48 bits per heavy atom. The van der Waals surface area contributed by atoms with Gasteiger partial charge in [-0.2, -0.15) is 0 Å². The van der Waals surface area contributed by atoms with Crippen molar-refractivity contribution in [2.45, 2.75) is 156 Å². The van der Waals surface area contributed by atoms with E-state index in [1.807, 2.05) is 39.5 Å². The average molecular weight is 671 g/mol. The van der Waals surface area contributed by atoms with Gasteiger partial charge in [0, 0.05) is 5.38 Å². The molecule has 44 heavy (non-hydrogen) atoms. The third-order valence-corrected chi connectivity index (χ3v) is 12.7. The highest BCUT2D eigenvalue weighted by atomic mass is 32.1. The van der Waals surface area contributed by atoms with Crippen molar-refractivity contribution < 1.29 is 0 Å². The number of nitrogens with zero attached hydrogens (tertiary/aromatic N) is 4. The van der Waals surface area contributed by atoms with Crippen LogP contribution < -0.4 is 0 Å². The van der Waals surface area contributed by atoms with Gasteiger partial charge < -0.3 is 0 Å². The van der Waals surface area contributed by atoms with E-state index in [1.165, 1.54) is 140 Å². The van der Waals surface area contributed by atoms with E-state index >= 15 is 0 Å². The monoisotopic (exact) mass is 670 g/mol. The summed E-state index contributed by atoms with van der Waals surface area (Å²) in [5, 5.41) is 5.74. The summed E-state index contributed by atoms with van der Waals surface area (Å²) in [4.78, 5) is 24.5. The van der Waals surface area contributed by atoms with Crippen molar-refractivity contribution in [1.82, 2.24) is 19.9 Å². The molecule has 4 heterocycles. The smallest absolute Gasteiger partial charge is 0.136 e. The fourth-order valence-electron chi connectivity index (χ4n) is 5.61. The predicted molar refractivity (Wildman–Crippen MR) is 197 cm³/mol. The molecule has 0 N–H and O–H groups in total. The Hall–Kier alpha value is -1.48. The van der Waals surface area contributed by atoms with Crippen LogP contribution >= 0.6 is 45.3 Å². The van der Waals surface area contributed by atoms with Crippen molar-refractivity contribution in [3.63, 3.8) is 0 Å². The lowest BCUT2D eigenvalue weighted by molar-refractivity contribution is 0.661. The van der Waals surface area contributed by atoms with E-state index in [9.17, 15) is 0 Å². The average Bonchev–Trinajstić information content (AvgIpc) is 3.84. The Morgan fingerprint density at radius 1 is 0.455 bits per heavy atom. The van der Waals surface area contributed by atoms with Crippen LogP contribution in [0.3, 0.4) is 0 Å². The lowest BCUT2D eigenvalue weighted by atomic mass is 10.1. The van der Waals surface area contributed by atoms with Gasteiger partial charge in [0.1, 0.15) is 15.0 Å². The molecule has 0 spiro atoms. The first-order chi connectivity index (χ1) is 21.7. The minimum Gasteiger partial charge on any atom is -0.249 e. The number of thiazole rings is 4. The van der Waals surface area contributed by atoms with Gasteiger partial charge >= 0.3 is 0 Å². The molecule has 0 radical (unpaired) electrons. The number of aromatic nitrogens is 4. The second kappa shape index (κ2) is 19.9. The van der Waals surface area contributed by atoms with Gasteiger partial charge in [0.05, 0.1) is 42.9 Å². The number of aryl methyl sites for hydroxylation is 4. The molecular weight excluding hydrogens is 617 g/mol. The molecule has 0 aliphatic carbocycles. The molecule has 4 nitrogen and oxygen atoms in total. The molecule has 0 saturated heterocycles. The van der Waals surface area contributed by atoms with E-state index in [2.05, 4.69) is 33.1 Å². The summed E-state index contributed by atoms with van der Waals surface area (Å²) < 4.78 is 0. The van der Waals surface area contributed by atoms with Crippen molar-refractivity contribution in [3.05, 3.63) is 33.7 Å². The van der Waals surface area contributed by atoms with Crippen LogP contribution in [0.1, 0.15) is 153 Å². The number of unbranched alkanes of at least 4 members (excludes halogenated alkanes) is 12. The SMILES string of the molecule is CCCCCCc1csc(-c2sc(-c3sc(-c4scnc4CCCCCC)nc3CCCCCC)nc2CCCCCC)n1. The minimum atomic E-state index is 1.02. The van der Waals surface area contributed by atoms with Crippen molar-refractivity contribution >= 4 is 45.3 Å². The van der Waals surface area contributed by atoms with Gasteiger partial charge in [-0.15, -0.1) is 45.3 Å². The predicted octanol–water partition coefficient (Wildman–Crippen LogP) is 13.0. The minimum absolute atomic E-state index is 1.02. The summed E-state index contributed by atoms with van der Waals surface area (Å²) >= 11 is 7.29. The van der Waals surface area contributed by atoms with Crippen molar-refractivity contribution in [1.29, 1.82) is 0 Å². The van der Waals surface area contributed by atoms with Gasteiger partial charge in [0.15, 0.2) is 0 Å². The molecule has 242 valence electrons. The Bertz CT molecular complexity index is 1350. The molecule has 0 aliphatic rings. The molecule has 0 unspecified atom stereocenters. The summed E-state index contributed by atoms with van der Waals surface area (Å²) in [6.07, 6.45) is 24.4. The Kier molecular flexibility index (Phi) is 16.0. The van der Waals surface area contributed by atoms with Crippen LogP contribution in [0.2, 0.25) is 0 Å². The number of hydrogen-bond acceptors (Lipinski definition) is 8. The Morgan fingerprint density at radius 2 is 0.932 bits per heavy atom. The third-order valence-electron chi connectivity index (χ3n) is 8.26. The van der Waals surface area contributed by atoms with Crippen molar-refractivity contribution in [3.8, 4) is 29.7 Å². The molecule has 8 heteroatoms. The standard InChI is InChI=1S/C36H54N4S4/c1-5-9-13-17-21-27-25-41-34(38-27)32-29(23-19-15-11-7-3)40-36(43-32)33-30(24-20-16-12-8-4)39-35(44-33)31-28(37-26-42-31)22-18-14-10-6-2/h25-26H,5-24H2,1-4H3. The highest BCUT2D eigenvalue weighted by Crippen LogP contribution is 2.44. The highest BCUT2D eigenvalue weighted by molar-refractivity contribution is 7.27. The van der Waals surface area contributed by atoms with Crippen LogP contribution in [0.15, 0.2) is 10.9 Å². The Labute approximate surface area is 283 Å². The topological polar surface area (TPSA) is 51.6 Å². The third kappa shape index (κ3) is 10.5. The van der Waals surface area contributed by atoms with E-state index in [1.54, 1.807) is 11.3 Å². The molecule has 0 amide bonds. The second-order valence-electron chi connectivity index (χ2n) is 12.1. The maximum absolute atomic E-state index is 5.39. The molecular formula is C36H54N4S4. The van der Waals surface area contributed by atoms with Crippen molar-refractivity contribution in [2.24, 2.45) is 0 Å². The normalized spacial score (nSPS) is 11.6. The summed E-state index contributed by atoms with van der Waals surface area (Å²) in [5.74, 6) is 0. The lowest BCUT2D eigenvalue weighted by Gasteiger charge is -2.01. The zero-order valence-corrected chi connectivity index (χ0v) is 31.0. The summed E-state index contributed by atoms with van der Waals surface area (Å²) in [6.45, 7) is 9.12. The van der Waals surface area contributed by atoms with Crippen LogP contribution in [0.5, 0.6) is 0 Å². The van der Waals surface area contributed by atoms with Crippen LogP contribution in [-0.2, 0) is 25.7 Å². The summed E-state index contributed by atoms with van der Waals surface area (Å²) in [5.41, 5.74) is 6.98. The first-order valence-corrected chi connectivity index (χ1v) is 20.9. The first kappa shape index (κ1) is 35.4. The maximum atomic E-state index is 5.39. The van der Waals surface area contributed by atoms with Gasteiger partial charge in [0.2, 0.25) is 0 Å². The first-order valence-electron chi connectivity index (χ1n) is 17.6. The second-order valence-corrected chi connectivity index (χ2v) is 15.8. The fraction of sp³-hybridized carbons (Fsp3) is 0.667. The zero-order valence-electron chi connectivity index (χ0n) is 27.7. The van der Waals surface area contributed by atoms with E-state index in [0.29, 0.717) is 0 Å². The van der Waals surface area contributed by atoms with E-state index in [0.717, 1.165) is 40.7 Å². The zero-order chi connectivity index (χ0) is 31.0. The van der Waals surface area contributed by atoms with E-state index in [4.69, 9.17) is 19.9 Å². The van der Waals surface area contributed by atoms with Gasteiger partial charge in [0.25, 0.3) is 0 Å². The van der Waals surface area contributed by atoms with Gasteiger partial charge in [-0.05, 0) is 51.4 Å². The van der Waals surface area contributed by atoms with E-state index in [-0.39, 0.29) is 0 Å². The van der Waals surface area contributed by atoms with Crippen LogP contribution in [0.4, 0.5) is 0 Å². The van der Waals surface area contributed by atoms with Gasteiger partial charge in [-0.3, -0.25) is 0 Å². The number of rotatable bonds is 23. The van der Waals surface area contributed by atoms with E-state index < -0.39 is 0 Å². The van der Waals surface area contributed by atoms with Gasteiger partial charge in [-0.25, -0.2) is 19.9 Å². The molecule has 0 atom stereocenters. The van der Waals surface area contributed by atoms with Gasteiger partial charge in [-0.1, -0.05) is 105 Å². The van der Waals surface area contributed by atoms with Crippen LogP contribution in [0.25, 0.3) is 29.7 Å². The van der Waals surface area contributed by atoms with Crippen LogP contribution in [-0.4, -0.2) is 19.9 Å². The lowest BCUT2D eigenvalue weighted by Crippen LogP contribution is -1.92. The van der Waals surface area contributed by atoms with Crippen molar-refractivity contribution in [2.75, 3.05) is 0 Å². The van der Waals surface area contributed by atoms with Crippen LogP contribution in [0, 0.1) is 0 Å². The number of hydrogen-bond donors (Lipinski definition) is 0. The molecule has 4 aromatic rings. The molecule has 0 saturated carbocycles. The highest BCUT2D eigenvalue weighted by Gasteiger charge is 2.23. The molecule has 0 fully saturated rings. The Balaban J connectivity index is 1.64. The molecule has 0 aromatic carbocycles. The quantitative estimate of drug-likeness (QED) is 0.0737. The molecule has 0 aliphatic heterocycles. The summed E-state index contributed by atoms with van der Waals surface area (Å²) in [7, 11) is 0. The molecule has 4 rings (SSSR count). The largest absolute Gasteiger partial charge is 0.249 e. The maximum Gasteiger partial charge on any atom is 0.136 e. The fourth-order valence-corrected chi connectivity index (χ4v) is 9.85. The summed E-state index contributed by atoms with van der Waals surface area (Å²) in [6, 6.07) is 0.